The number of halogens is 1. The first-order chi connectivity index (χ1) is 23.8. The van der Waals surface area contributed by atoms with Crippen molar-refractivity contribution in [3.8, 4) is 0 Å². The molecule has 4 heterocycles. The molecule has 8 rings (SSSR count). The van der Waals surface area contributed by atoms with Gasteiger partial charge < -0.3 is 19.8 Å². The number of amides is 2. The number of carbonyl (C=O) groups excluding carboxylic acids is 2. The largest absolute Gasteiger partial charge is 0.338 e. The number of fused-ring (bicyclic) bond motifs is 2. The quantitative estimate of drug-likeness (QED) is 0.202. The molecule has 0 saturated carbocycles. The Morgan fingerprint density at radius 1 is 0.653 bits per heavy atom. The maximum absolute atomic E-state index is 13.6. The lowest BCUT2D eigenvalue weighted by molar-refractivity contribution is -0.133. The Hall–Kier alpha value is -5.17. The van der Waals surface area contributed by atoms with Crippen molar-refractivity contribution >= 4 is 56.5 Å². The Labute approximate surface area is 294 Å². The molecule has 2 N–H and O–H groups in total. The van der Waals surface area contributed by atoms with Crippen molar-refractivity contribution in [1.29, 1.82) is 0 Å². The second-order valence-corrected chi connectivity index (χ2v) is 13.9. The van der Waals surface area contributed by atoms with E-state index >= 15 is 0 Å². The molecule has 0 spiro atoms. The smallest absolute Gasteiger partial charge is 0.326 e. The summed E-state index contributed by atoms with van der Waals surface area (Å²) in [5, 5.41) is 0. The second kappa shape index (κ2) is 12.7. The Morgan fingerprint density at radius 2 is 1.22 bits per heavy atom. The van der Waals surface area contributed by atoms with E-state index in [4.69, 9.17) is 0 Å². The van der Waals surface area contributed by atoms with E-state index in [1.807, 2.05) is 95.9 Å². The lowest BCUT2D eigenvalue weighted by Crippen LogP contribution is -2.32. The van der Waals surface area contributed by atoms with Crippen LogP contribution in [0.25, 0.3) is 22.1 Å². The minimum absolute atomic E-state index is 0.0106. The van der Waals surface area contributed by atoms with E-state index in [-0.39, 0.29) is 23.2 Å². The zero-order valence-electron chi connectivity index (χ0n) is 26.6. The van der Waals surface area contributed by atoms with Crippen molar-refractivity contribution in [3.63, 3.8) is 0 Å². The normalized spacial score (nSPS) is 16.4. The maximum atomic E-state index is 13.6. The maximum Gasteiger partial charge on any atom is 0.326 e. The highest BCUT2D eigenvalue weighted by molar-refractivity contribution is 14.1. The molecular weight excluding hydrogens is 731 g/mol. The van der Waals surface area contributed by atoms with Crippen molar-refractivity contribution in [2.24, 2.45) is 5.92 Å². The molecule has 1 saturated heterocycles. The molecule has 2 aliphatic heterocycles. The number of imidazole rings is 2. The Bertz CT molecular complexity index is 2400. The van der Waals surface area contributed by atoms with E-state index in [0.717, 1.165) is 47.9 Å². The Kier molecular flexibility index (Phi) is 8.06. The SMILES string of the molecule is O=C1C(C2CCN(Cc3ccc(Cn4c(=O)[nH]c5ccccc54)cc3I)C2=O)=CCN1Cc1ccc(Cn2c(=O)[nH]c3ccccc32)cc1. The molecule has 1 atom stereocenters. The molecule has 246 valence electrons. The number of rotatable bonds is 9. The first-order valence-electron chi connectivity index (χ1n) is 16.3. The van der Waals surface area contributed by atoms with Crippen LogP contribution in [0, 0.1) is 9.49 Å². The van der Waals surface area contributed by atoms with Gasteiger partial charge in [-0.05, 0) is 81.6 Å². The summed E-state index contributed by atoms with van der Waals surface area (Å²) in [7, 11) is 0. The number of nitrogens with zero attached hydrogens (tertiary/aromatic N) is 4. The molecule has 2 aromatic heterocycles. The molecule has 2 amide bonds. The summed E-state index contributed by atoms with van der Waals surface area (Å²) < 4.78 is 4.48. The number of carbonyl (C=O) groups is 2. The van der Waals surface area contributed by atoms with Crippen molar-refractivity contribution in [1.82, 2.24) is 28.9 Å². The Balaban J connectivity index is 0.880. The molecule has 1 fully saturated rings. The van der Waals surface area contributed by atoms with Crippen molar-refractivity contribution in [2.45, 2.75) is 32.6 Å². The molecule has 10 nitrogen and oxygen atoms in total. The van der Waals surface area contributed by atoms with Gasteiger partial charge in [0, 0.05) is 35.3 Å². The molecule has 11 heteroatoms. The minimum Gasteiger partial charge on any atom is -0.338 e. The highest BCUT2D eigenvalue weighted by Gasteiger charge is 2.40. The summed E-state index contributed by atoms with van der Waals surface area (Å²) in [4.78, 5) is 61.5. The van der Waals surface area contributed by atoms with Gasteiger partial charge in [0.2, 0.25) is 5.91 Å². The third kappa shape index (κ3) is 5.92. The first-order valence-corrected chi connectivity index (χ1v) is 17.4. The lowest BCUT2D eigenvalue weighted by atomic mass is 9.97. The predicted molar refractivity (Wildman–Crippen MR) is 196 cm³/mol. The van der Waals surface area contributed by atoms with E-state index in [0.29, 0.717) is 51.3 Å². The van der Waals surface area contributed by atoms with Crippen molar-refractivity contribution in [2.75, 3.05) is 13.1 Å². The Morgan fingerprint density at radius 3 is 1.86 bits per heavy atom. The van der Waals surface area contributed by atoms with Gasteiger partial charge in [-0.1, -0.05) is 66.7 Å². The molecule has 0 aliphatic carbocycles. The third-order valence-electron chi connectivity index (χ3n) is 9.66. The van der Waals surface area contributed by atoms with Crippen LogP contribution >= 0.6 is 22.6 Å². The number of benzene rings is 4. The van der Waals surface area contributed by atoms with Gasteiger partial charge in [-0.25, -0.2) is 9.59 Å². The third-order valence-corrected chi connectivity index (χ3v) is 10.7. The van der Waals surface area contributed by atoms with Crippen LogP contribution in [0.4, 0.5) is 0 Å². The van der Waals surface area contributed by atoms with Crippen molar-refractivity contribution < 1.29 is 9.59 Å². The highest BCUT2D eigenvalue weighted by Crippen LogP contribution is 2.32. The second-order valence-electron chi connectivity index (χ2n) is 12.8. The van der Waals surface area contributed by atoms with Gasteiger partial charge in [0.1, 0.15) is 0 Å². The van der Waals surface area contributed by atoms with Gasteiger partial charge in [0.25, 0.3) is 5.91 Å². The fraction of sp³-hybridized carbons (Fsp3) is 0.211. The van der Waals surface area contributed by atoms with Gasteiger partial charge in [-0.15, -0.1) is 0 Å². The van der Waals surface area contributed by atoms with Crippen LogP contribution in [0.2, 0.25) is 0 Å². The van der Waals surface area contributed by atoms with Crippen molar-refractivity contribution in [3.05, 3.63) is 149 Å². The topological polar surface area (TPSA) is 116 Å². The average molecular weight is 765 g/mol. The zero-order valence-corrected chi connectivity index (χ0v) is 28.7. The number of likely N-dealkylation sites (tertiary alicyclic amines) is 1. The number of nitrogens with one attached hydrogen (secondary N) is 2. The fourth-order valence-electron chi connectivity index (χ4n) is 7.06. The van der Waals surface area contributed by atoms with Crippen LogP contribution in [-0.2, 0) is 35.8 Å². The van der Waals surface area contributed by atoms with Gasteiger partial charge in [-0.2, -0.15) is 0 Å². The van der Waals surface area contributed by atoms with Gasteiger partial charge in [-0.3, -0.25) is 18.7 Å². The fourth-order valence-corrected chi connectivity index (χ4v) is 7.81. The molecule has 4 aromatic carbocycles. The summed E-state index contributed by atoms with van der Waals surface area (Å²) in [5.74, 6) is -0.523. The van der Waals surface area contributed by atoms with Crippen LogP contribution < -0.4 is 11.4 Å². The van der Waals surface area contributed by atoms with Crippen LogP contribution in [0.15, 0.2) is 112 Å². The van der Waals surface area contributed by atoms with E-state index in [1.165, 1.54) is 0 Å². The molecule has 6 aromatic rings. The van der Waals surface area contributed by atoms with Gasteiger partial charge >= 0.3 is 11.4 Å². The summed E-state index contributed by atoms with van der Waals surface area (Å²) in [6.45, 7) is 2.90. The summed E-state index contributed by atoms with van der Waals surface area (Å²) in [6, 6.07) is 29.4. The molecule has 0 bridgehead atoms. The lowest BCUT2D eigenvalue weighted by Gasteiger charge is -2.20. The number of H-pyrrole nitrogens is 2. The molecule has 2 aliphatic rings. The van der Waals surface area contributed by atoms with E-state index in [1.54, 1.807) is 14.0 Å². The average Bonchev–Trinajstić information content (AvgIpc) is 3.83. The summed E-state index contributed by atoms with van der Waals surface area (Å²) in [6.07, 6.45) is 2.53. The van der Waals surface area contributed by atoms with E-state index in [9.17, 15) is 19.2 Å². The van der Waals surface area contributed by atoms with Gasteiger partial charge in [0.05, 0.1) is 41.1 Å². The van der Waals surface area contributed by atoms with Crippen LogP contribution in [0.5, 0.6) is 0 Å². The first kappa shape index (κ1) is 31.1. The van der Waals surface area contributed by atoms with Crippen LogP contribution in [-0.4, -0.2) is 53.8 Å². The predicted octanol–water partition coefficient (Wildman–Crippen LogP) is 4.99. The van der Waals surface area contributed by atoms with E-state index in [2.05, 4.69) is 38.6 Å². The monoisotopic (exact) mass is 764 g/mol. The highest BCUT2D eigenvalue weighted by atomic mass is 127. The standard InChI is InChI=1S/C38H33IN6O4/c39-30-19-26(22-45-34-8-4-2-6-32(34)41-38(45)49)13-14-27(30)23-43-18-16-29(36(43)47)28-15-17-42(35(28)46)20-24-9-11-25(12-10-24)21-44-33-7-3-1-5-31(33)40-37(44)48/h1-15,19,29H,16-18,20-23H2,(H,40,48)(H,41,49). The molecule has 0 radical (unpaired) electrons. The minimum atomic E-state index is -0.431. The van der Waals surface area contributed by atoms with E-state index < -0.39 is 5.92 Å². The van der Waals surface area contributed by atoms with Crippen LogP contribution in [0.1, 0.15) is 28.7 Å². The number of aromatic amines is 2. The number of hydrogen-bond acceptors (Lipinski definition) is 4. The molecule has 49 heavy (non-hydrogen) atoms. The van der Waals surface area contributed by atoms with Gasteiger partial charge in [0.15, 0.2) is 0 Å². The number of hydrogen-bond donors (Lipinski definition) is 2. The molecular formula is C38H33IN6O4. The zero-order chi connectivity index (χ0) is 33.6. The summed E-state index contributed by atoms with van der Waals surface area (Å²) >= 11 is 2.30. The summed E-state index contributed by atoms with van der Waals surface area (Å²) in [5.41, 5.74) is 7.69. The van der Waals surface area contributed by atoms with Crippen LogP contribution in [0.3, 0.4) is 0 Å². The molecule has 1 unspecified atom stereocenters. The number of aromatic nitrogens is 4. The number of para-hydroxylation sites is 4.